The number of hydrogen-bond acceptors (Lipinski definition) is 3. The van der Waals surface area contributed by atoms with Crippen LogP contribution in [0.5, 0.6) is 0 Å². The van der Waals surface area contributed by atoms with Crippen molar-refractivity contribution in [2.75, 3.05) is 31.6 Å². The van der Waals surface area contributed by atoms with Crippen LogP contribution in [0.3, 0.4) is 0 Å². The highest BCUT2D eigenvalue weighted by Gasteiger charge is 2.21. The molecule has 1 aliphatic heterocycles. The normalized spacial score (nSPS) is 19.6. The van der Waals surface area contributed by atoms with E-state index < -0.39 is 0 Å². The molecule has 1 amide bonds. The summed E-state index contributed by atoms with van der Waals surface area (Å²) in [6.45, 7) is 2.84. The topological polar surface area (TPSA) is 52.6 Å². The van der Waals surface area contributed by atoms with Crippen molar-refractivity contribution in [3.05, 3.63) is 29.3 Å². The molecule has 0 spiro atoms. The number of amides is 1. The second kappa shape index (κ2) is 6.89. The summed E-state index contributed by atoms with van der Waals surface area (Å²) in [5.41, 5.74) is 0.729. The summed E-state index contributed by atoms with van der Waals surface area (Å²) in [6, 6.07) is 7.14. The highest BCUT2D eigenvalue weighted by atomic mass is 35.5. The molecule has 1 aliphatic rings. The first-order valence-electron chi connectivity index (χ1n) is 6.56. The highest BCUT2D eigenvalue weighted by molar-refractivity contribution is 6.30. The number of aliphatic hydroxyl groups excluding tert-OH is 1. The van der Waals surface area contributed by atoms with Gasteiger partial charge >= 0.3 is 0 Å². The minimum atomic E-state index is -0.00489. The third-order valence-corrected chi connectivity index (χ3v) is 3.63. The van der Waals surface area contributed by atoms with Crippen LogP contribution < -0.4 is 5.32 Å². The number of anilines is 1. The number of benzene rings is 1. The first-order valence-corrected chi connectivity index (χ1v) is 6.94. The Morgan fingerprint density at radius 2 is 2.37 bits per heavy atom. The molecule has 0 aliphatic carbocycles. The lowest BCUT2D eigenvalue weighted by molar-refractivity contribution is -0.116. The minimum Gasteiger partial charge on any atom is -0.396 e. The number of carbonyl (C=O) groups is 1. The standard InChI is InChI=1S/C14H19ClN2O2/c15-12-2-1-3-13(8-12)16-14(19)5-7-17-6-4-11(9-17)10-18/h1-3,8,11,18H,4-7,9-10H2,(H,16,19). The fourth-order valence-electron chi connectivity index (χ4n) is 2.31. The zero-order valence-corrected chi connectivity index (χ0v) is 11.6. The fraction of sp³-hybridized carbons (Fsp3) is 0.500. The van der Waals surface area contributed by atoms with Crippen LogP contribution in [0.4, 0.5) is 5.69 Å². The van der Waals surface area contributed by atoms with Gasteiger partial charge in [-0.25, -0.2) is 0 Å². The SMILES string of the molecule is O=C(CCN1CCC(CO)C1)Nc1cccc(Cl)c1. The van der Waals surface area contributed by atoms with Gasteiger partial charge in [0, 0.05) is 36.8 Å². The van der Waals surface area contributed by atoms with E-state index in [4.69, 9.17) is 16.7 Å². The summed E-state index contributed by atoms with van der Waals surface area (Å²) in [5.74, 6) is 0.366. The summed E-state index contributed by atoms with van der Waals surface area (Å²) >= 11 is 5.86. The van der Waals surface area contributed by atoms with Crippen molar-refractivity contribution in [1.29, 1.82) is 0 Å². The number of nitrogens with zero attached hydrogens (tertiary/aromatic N) is 1. The molecule has 1 heterocycles. The average molecular weight is 283 g/mol. The van der Waals surface area contributed by atoms with Gasteiger partial charge in [0.2, 0.25) is 5.91 Å². The lowest BCUT2D eigenvalue weighted by atomic mass is 10.1. The summed E-state index contributed by atoms with van der Waals surface area (Å²) in [5, 5.41) is 12.5. The van der Waals surface area contributed by atoms with Crippen LogP contribution >= 0.6 is 11.6 Å². The molecule has 2 rings (SSSR count). The van der Waals surface area contributed by atoms with E-state index in [0.29, 0.717) is 17.4 Å². The number of aliphatic hydroxyl groups is 1. The highest BCUT2D eigenvalue weighted by Crippen LogP contribution is 2.17. The van der Waals surface area contributed by atoms with Crippen molar-refractivity contribution >= 4 is 23.2 Å². The second-order valence-corrected chi connectivity index (χ2v) is 5.38. The van der Waals surface area contributed by atoms with E-state index in [-0.39, 0.29) is 12.5 Å². The van der Waals surface area contributed by atoms with E-state index in [0.717, 1.165) is 31.7 Å². The van der Waals surface area contributed by atoms with Crippen molar-refractivity contribution in [2.24, 2.45) is 5.92 Å². The Bertz CT molecular complexity index is 439. The number of rotatable bonds is 5. The van der Waals surface area contributed by atoms with Gasteiger partial charge in [0.15, 0.2) is 0 Å². The average Bonchev–Trinajstić information content (AvgIpc) is 2.84. The van der Waals surface area contributed by atoms with Gasteiger partial charge in [-0.3, -0.25) is 4.79 Å². The Kier molecular flexibility index (Phi) is 5.19. The molecule has 1 fully saturated rings. The molecule has 19 heavy (non-hydrogen) atoms. The molecule has 4 nitrogen and oxygen atoms in total. The Morgan fingerprint density at radius 1 is 1.53 bits per heavy atom. The number of likely N-dealkylation sites (tertiary alicyclic amines) is 1. The maximum absolute atomic E-state index is 11.8. The van der Waals surface area contributed by atoms with Crippen molar-refractivity contribution in [3.8, 4) is 0 Å². The van der Waals surface area contributed by atoms with Crippen LogP contribution in [-0.4, -0.2) is 42.2 Å². The van der Waals surface area contributed by atoms with Gasteiger partial charge in [-0.2, -0.15) is 0 Å². The molecular weight excluding hydrogens is 264 g/mol. The number of halogens is 1. The van der Waals surface area contributed by atoms with Gasteiger partial charge in [0.05, 0.1) is 0 Å². The molecule has 0 radical (unpaired) electrons. The lowest BCUT2D eigenvalue weighted by Crippen LogP contribution is -2.26. The summed E-state index contributed by atoms with van der Waals surface area (Å²) < 4.78 is 0. The predicted octanol–water partition coefficient (Wildman–Crippen LogP) is 1.98. The van der Waals surface area contributed by atoms with Gasteiger partial charge in [0.1, 0.15) is 0 Å². The van der Waals surface area contributed by atoms with Gasteiger partial charge in [-0.05, 0) is 37.1 Å². The first-order chi connectivity index (χ1) is 9.17. The fourth-order valence-corrected chi connectivity index (χ4v) is 2.50. The Morgan fingerprint density at radius 3 is 3.05 bits per heavy atom. The van der Waals surface area contributed by atoms with Gasteiger partial charge in [-0.15, -0.1) is 0 Å². The van der Waals surface area contributed by atoms with Crippen molar-refractivity contribution in [2.45, 2.75) is 12.8 Å². The summed E-state index contributed by atoms with van der Waals surface area (Å²) in [4.78, 5) is 14.0. The van der Waals surface area contributed by atoms with E-state index in [2.05, 4.69) is 10.2 Å². The van der Waals surface area contributed by atoms with Crippen LogP contribution in [-0.2, 0) is 4.79 Å². The number of hydrogen-bond donors (Lipinski definition) is 2. The number of nitrogens with one attached hydrogen (secondary N) is 1. The molecule has 0 saturated carbocycles. The van der Waals surface area contributed by atoms with Crippen LogP contribution in [0.1, 0.15) is 12.8 Å². The molecule has 0 bridgehead atoms. The van der Waals surface area contributed by atoms with Crippen molar-refractivity contribution < 1.29 is 9.90 Å². The van der Waals surface area contributed by atoms with Gasteiger partial charge in [-0.1, -0.05) is 17.7 Å². The second-order valence-electron chi connectivity index (χ2n) is 4.95. The zero-order chi connectivity index (χ0) is 13.7. The summed E-state index contributed by atoms with van der Waals surface area (Å²) in [7, 11) is 0. The van der Waals surface area contributed by atoms with E-state index >= 15 is 0 Å². The maximum atomic E-state index is 11.8. The van der Waals surface area contributed by atoms with Crippen LogP contribution in [0.15, 0.2) is 24.3 Å². The van der Waals surface area contributed by atoms with Gasteiger partial charge in [0.25, 0.3) is 0 Å². The first kappa shape index (κ1) is 14.3. The smallest absolute Gasteiger partial charge is 0.225 e. The summed E-state index contributed by atoms with van der Waals surface area (Å²) in [6.07, 6.45) is 1.48. The largest absolute Gasteiger partial charge is 0.396 e. The van der Waals surface area contributed by atoms with E-state index in [1.807, 2.05) is 12.1 Å². The molecule has 1 unspecified atom stereocenters. The van der Waals surface area contributed by atoms with Crippen LogP contribution in [0.2, 0.25) is 5.02 Å². The molecule has 0 aromatic heterocycles. The van der Waals surface area contributed by atoms with Crippen LogP contribution in [0.25, 0.3) is 0 Å². The molecule has 104 valence electrons. The molecule has 1 aromatic rings. The third kappa shape index (κ3) is 4.49. The minimum absolute atomic E-state index is 0.00489. The Labute approximate surface area is 118 Å². The molecule has 1 aromatic carbocycles. The Hall–Kier alpha value is -1.10. The maximum Gasteiger partial charge on any atom is 0.225 e. The molecule has 5 heteroatoms. The third-order valence-electron chi connectivity index (χ3n) is 3.39. The van der Waals surface area contributed by atoms with Gasteiger partial charge < -0.3 is 15.3 Å². The molecule has 1 saturated heterocycles. The lowest BCUT2D eigenvalue weighted by Gasteiger charge is -2.15. The zero-order valence-electron chi connectivity index (χ0n) is 10.8. The van der Waals surface area contributed by atoms with E-state index in [1.165, 1.54) is 0 Å². The Balaban J connectivity index is 1.73. The monoisotopic (exact) mass is 282 g/mol. The van der Waals surface area contributed by atoms with Crippen LogP contribution in [0, 0.1) is 5.92 Å². The van der Waals surface area contributed by atoms with Crippen molar-refractivity contribution in [3.63, 3.8) is 0 Å². The van der Waals surface area contributed by atoms with E-state index in [9.17, 15) is 4.79 Å². The quantitative estimate of drug-likeness (QED) is 0.868. The predicted molar refractivity (Wildman–Crippen MR) is 76.3 cm³/mol. The molecular formula is C14H19ClN2O2. The molecule has 2 N–H and O–H groups in total. The van der Waals surface area contributed by atoms with E-state index in [1.54, 1.807) is 12.1 Å². The number of carbonyl (C=O) groups excluding carboxylic acids is 1. The van der Waals surface area contributed by atoms with Crippen molar-refractivity contribution in [1.82, 2.24) is 4.90 Å². The molecule has 1 atom stereocenters.